The number of hydrogen-bond donors (Lipinski definition) is 4. The van der Waals surface area contributed by atoms with E-state index in [-0.39, 0.29) is 43.1 Å². The molecule has 3 atom stereocenters. The lowest BCUT2D eigenvalue weighted by atomic mass is 10.0. The van der Waals surface area contributed by atoms with Gasteiger partial charge in [-0.2, -0.15) is 0 Å². The number of nitrogens with one attached hydrogen (secondary N) is 3. The van der Waals surface area contributed by atoms with Crippen LogP contribution in [-0.4, -0.2) is 77.9 Å². The molecule has 0 aromatic carbocycles. The van der Waals surface area contributed by atoms with Gasteiger partial charge in [-0.1, -0.05) is 13.3 Å². The van der Waals surface area contributed by atoms with Crippen LogP contribution < -0.4 is 16.0 Å². The highest BCUT2D eigenvalue weighted by Crippen LogP contribution is 2.13. The minimum absolute atomic E-state index is 0.0193. The Kier molecular flexibility index (Phi) is 8.67. The number of rotatable bonds is 9. The average Bonchev–Trinajstić information content (AvgIpc) is 2.89. The molecule has 4 N–H and O–H groups in total. The summed E-state index contributed by atoms with van der Waals surface area (Å²) in [6.45, 7) is 5.43. The lowest BCUT2D eigenvalue weighted by Gasteiger charge is -2.26. The molecule has 3 unspecified atom stereocenters. The SMILES string of the molecule is CCCC(NC(=O)C1CC(=O)CN1C)C(O)C(=O)NCC(=O)NC(C)C. The quantitative estimate of drug-likeness (QED) is 0.393. The van der Waals surface area contributed by atoms with Gasteiger partial charge in [-0.25, -0.2) is 0 Å². The van der Waals surface area contributed by atoms with Crippen molar-refractivity contribution in [3.05, 3.63) is 0 Å². The molecule has 1 saturated heterocycles. The van der Waals surface area contributed by atoms with E-state index in [2.05, 4.69) is 16.0 Å². The van der Waals surface area contributed by atoms with Gasteiger partial charge in [-0.3, -0.25) is 24.1 Å². The van der Waals surface area contributed by atoms with Crippen molar-refractivity contribution < 1.29 is 24.3 Å². The van der Waals surface area contributed by atoms with Crippen molar-refractivity contribution in [1.82, 2.24) is 20.9 Å². The first kappa shape index (κ1) is 22.0. The molecule has 1 fully saturated rings. The van der Waals surface area contributed by atoms with Crippen LogP contribution in [0.15, 0.2) is 0 Å². The van der Waals surface area contributed by atoms with E-state index in [9.17, 15) is 24.3 Å². The number of ketones is 1. The smallest absolute Gasteiger partial charge is 0.251 e. The van der Waals surface area contributed by atoms with Gasteiger partial charge < -0.3 is 21.1 Å². The number of likely N-dealkylation sites (N-methyl/N-ethyl adjacent to an activating group) is 1. The highest BCUT2D eigenvalue weighted by molar-refractivity contribution is 5.94. The van der Waals surface area contributed by atoms with E-state index in [1.54, 1.807) is 25.8 Å². The molecule has 148 valence electrons. The van der Waals surface area contributed by atoms with E-state index < -0.39 is 24.1 Å². The number of aliphatic hydroxyl groups is 1. The van der Waals surface area contributed by atoms with Crippen molar-refractivity contribution in [3.63, 3.8) is 0 Å². The highest BCUT2D eigenvalue weighted by atomic mass is 16.3. The van der Waals surface area contributed by atoms with Crippen LogP contribution in [0.5, 0.6) is 0 Å². The Labute approximate surface area is 153 Å². The molecule has 0 radical (unpaired) electrons. The van der Waals surface area contributed by atoms with Gasteiger partial charge in [0.1, 0.15) is 5.78 Å². The minimum atomic E-state index is -1.48. The number of nitrogens with zero attached hydrogens (tertiary/aromatic N) is 1. The van der Waals surface area contributed by atoms with Gasteiger partial charge in [0, 0.05) is 12.5 Å². The van der Waals surface area contributed by atoms with E-state index in [4.69, 9.17) is 0 Å². The van der Waals surface area contributed by atoms with Crippen LogP contribution in [0.1, 0.15) is 40.0 Å². The predicted octanol–water partition coefficient (Wildman–Crippen LogP) is -1.45. The molecule has 0 aliphatic carbocycles. The zero-order valence-corrected chi connectivity index (χ0v) is 15.9. The first-order chi connectivity index (χ1) is 12.1. The maximum Gasteiger partial charge on any atom is 0.251 e. The standard InChI is InChI=1S/C17H30N4O5/c1-5-6-12(20-16(25)13-7-11(22)9-21(13)4)15(24)17(26)18-8-14(23)19-10(2)3/h10,12-13,15,24H,5-9H2,1-4H3,(H,18,26)(H,19,23)(H,20,25). The van der Waals surface area contributed by atoms with Crippen molar-refractivity contribution in [2.24, 2.45) is 0 Å². The molecule has 0 saturated carbocycles. The number of aliphatic hydroxyl groups excluding tert-OH is 1. The fourth-order valence-electron chi connectivity index (χ4n) is 2.84. The van der Waals surface area contributed by atoms with Crippen LogP contribution in [0.4, 0.5) is 0 Å². The second-order valence-corrected chi connectivity index (χ2v) is 6.96. The average molecular weight is 370 g/mol. The number of carbonyl (C=O) groups is 4. The van der Waals surface area contributed by atoms with Crippen LogP contribution in [-0.2, 0) is 19.2 Å². The maximum atomic E-state index is 12.4. The van der Waals surface area contributed by atoms with Crippen molar-refractivity contribution in [1.29, 1.82) is 0 Å². The Hall–Kier alpha value is -2.00. The summed E-state index contributed by atoms with van der Waals surface area (Å²) in [4.78, 5) is 49.2. The van der Waals surface area contributed by atoms with E-state index >= 15 is 0 Å². The molecular weight excluding hydrogens is 340 g/mol. The van der Waals surface area contributed by atoms with Crippen LogP contribution in [0.3, 0.4) is 0 Å². The van der Waals surface area contributed by atoms with Gasteiger partial charge in [0.05, 0.1) is 25.2 Å². The molecule has 9 nitrogen and oxygen atoms in total. The van der Waals surface area contributed by atoms with Gasteiger partial charge in [-0.05, 0) is 27.3 Å². The predicted molar refractivity (Wildman–Crippen MR) is 95.2 cm³/mol. The second-order valence-electron chi connectivity index (χ2n) is 6.96. The lowest BCUT2D eigenvalue weighted by Crippen LogP contribution is -2.54. The van der Waals surface area contributed by atoms with Crippen molar-refractivity contribution >= 4 is 23.5 Å². The molecule has 1 rings (SSSR count). The minimum Gasteiger partial charge on any atom is -0.381 e. The highest BCUT2D eigenvalue weighted by Gasteiger charge is 2.36. The Bertz CT molecular complexity index is 537. The molecule has 0 aromatic heterocycles. The van der Waals surface area contributed by atoms with E-state index in [1.165, 1.54) is 0 Å². The Morgan fingerprint density at radius 3 is 2.42 bits per heavy atom. The summed E-state index contributed by atoms with van der Waals surface area (Å²) in [6.07, 6.45) is -0.322. The number of Topliss-reactive ketones (excluding diaryl/α,β-unsaturated/α-hetero) is 1. The fourth-order valence-corrected chi connectivity index (χ4v) is 2.84. The summed E-state index contributed by atoms with van der Waals surface area (Å²) >= 11 is 0. The number of likely N-dealkylation sites (tertiary alicyclic amines) is 1. The number of amides is 3. The molecule has 1 aliphatic rings. The molecule has 0 aromatic rings. The van der Waals surface area contributed by atoms with Crippen LogP contribution in [0.25, 0.3) is 0 Å². The summed E-state index contributed by atoms with van der Waals surface area (Å²) in [5.41, 5.74) is 0. The molecule has 0 bridgehead atoms. The summed E-state index contributed by atoms with van der Waals surface area (Å²) in [7, 11) is 1.68. The largest absolute Gasteiger partial charge is 0.381 e. The molecular formula is C17H30N4O5. The molecule has 0 spiro atoms. The van der Waals surface area contributed by atoms with Crippen molar-refractivity contribution in [3.8, 4) is 0 Å². The first-order valence-electron chi connectivity index (χ1n) is 8.93. The van der Waals surface area contributed by atoms with Gasteiger partial charge in [0.15, 0.2) is 6.10 Å². The Morgan fingerprint density at radius 2 is 1.92 bits per heavy atom. The first-order valence-corrected chi connectivity index (χ1v) is 8.93. The zero-order valence-electron chi connectivity index (χ0n) is 15.9. The summed E-state index contributed by atoms with van der Waals surface area (Å²) in [5, 5.41) is 17.9. The molecule has 9 heteroatoms. The lowest BCUT2D eigenvalue weighted by molar-refractivity contribution is -0.135. The normalized spacial score (nSPS) is 19.9. The second kappa shape index (κ2) is 10.2. The summed E-state index contributed by atoms with van der Waals surface area (Å²) in [6, 6.07) is -1.43. The maximum absolute atomic E-state index is 12.4. The summed E-state index contributed by atoms with van der Waals surface area (Å²) < 4.78 is 0. The molecule has 3 amide bonds. The van der Waals surface area contributed by atoms with Crippen LogP contribution in [0.2, 0.25) is 0 Å². The van der Waals surface area contributed by atoms with Gasteiger partial charge in [0.25, 0.3) is 5.91 Å². The molecule has 26 heavy (non-hydrogen) atoms. The van der Waals surface area contributed by atoms with Gasteiger partial charge >= 0.3 is 0 Å². The van der Waals surface area contributed by atoms with Gasteiger partial charge in [0.2, 0.25) is 11.8 Å². The molecule has 1 aliphatic heterocycles. The molecule has 1 heterocycles. The van der Waals surface area contributed by atoms with Crippen LogP contribution >= 0.6 is 0 Å². The van der Waals surface area contributed by atoms with E-state index in [0.717, 1.165) is 0 Å². The third-order valence-corrected chi connectivity index (χ3v) is 4.13. The van der Waals surface area contributed by atoms with Crippen molar-refractivity contribution in [2.45, 2.75) is 64.3 Å². The monoisotopic (exact) mass is 370 g/mol. The topological polar surface area (TPSA) is 128 Å². The third kappa shape index (κ3) is 6.72. The van der Waals surface area contributed by atoms with Crippen LogP contribution in [0, 0.1) is 0 Å². The zero-order chi connectivity index (χ0) is 19.9. The third-order valence-electron chi connectivity index (χ3n) is 4.13. The number of hydrogen-bond acceptors (Lipinski definition) is 6. The van der Waals surface area contributed by atoms with Crippen molar-refractivity contribution in [2.75, 3.05) is 20.1 Å². The Morgan fingerprint density at radius 1 is 1.27 bits per heavy atom. The van der Waals surface area contributed by atoms with E-state index in [1.807, 2.05) is 6.92 Å². The van der Waals surface area contributed by atoms with Gasteiger partial charge in [-0.15, -0.1) is 0 Å². The summed E-state index contributed by atoms with van der Waals surface area (Å²) in [5.74, 6) is -1.49. The number of carbonyl (C=O) groups excluding carboxylic acids is 4. The fraction of sp³-hybridized carbons (Fsp3) is 0.765. The Balaban J connectivity index is 2.61. The van der Waals surface area contributed by atoms with E-state index in [0.29, 0.717) is 12.8 Å².